The van der Waals surface area contributed by atoms with Crippen LogP contribution in [0.3, 0.4) is 0 Å². The summed E-state index contributed by atoms with van der Waals surface area (Å²) >= 11 is 0. The Morgan fingerprint density at radius 1 is 1.38 bits per heavy atom. The van der Waals surface area contributed by atoms with Gasteiger partial charge in [-0.1, -0.05) is 6.07 Å². The lowest BCUT2D eigenvalue weighted by atomic mass is 10.2. The average Bonchev–Trinajstić information content (AvgIpc) is 2.16. The summed E-state index contributed by atoms with van der Waals surface area (Å²) in [5, 5.41) is 2.83. The molecule has 0 atom stereocenters. The van der Waals surface area contributed by atoms with Crippen LogP contribution in [-0.2, 0) is 10.0 Å². The standard InChI is InChI=1S/C10H16N2O3S/c1-8-4-5-9(12-16(3,13)14)10(6-8)15-7-11-2/h4-6,11-12H,7H2,1-3H3. The summed E-state index contributed by atoms with van der Waals surface area (Å²) in [6.45, 7) is 2.23. The zero-order valence-electron chi connectivity index (χ0n) is 9.57. The van der Waals surface area contributed by atoms with Crippen molar-refractivity contribution in [3.8, 4) is 5.75 Å². The number of sulfonamides is 1. The van der Waals surface area contributed by atoms with Crippen molar-refractivity contribution < 1.29 is 13.2 Å². The monoisotopic (exact) mass is 244 g/mol. The smallest absolute Gasteiger partial charge is 0.229 e. The van der Waals surface area contributed by atoms with Crippen LogP contribution in [0.15, 0.2) is 18.2 Å². The molecule has 0 saturated heterocycles. The van der Waals surface area contributed by atoms with E-state index in [9.17, 15) is 8.42 Å². The van der Waals surface area contributed by atoms with Crippen molar-refractivity contribution in [3.05, 3.63) is 23.8 Å². The maximum absolute atomic E-state index is 11.1. The number of aryl methyl sites for hydroxylation is 1. The summed E-state index contributed by atoms with van der Waals surface area (Å²) in [5.74, 6) is 0.514. The quantitative estimate of drug-likeness (QED) is 0.756. The summed E-state index contributed by atoms with van der Waals surface area (Å²) in [5.41, 5.74) is 1.45. The first kappa shape index (κ1) is 12.8. The molecule has 1 rings (SSSR count). The third-order valence-corrected chi connectivity index (χ3v) is 2.40. The second-order valence-corrected chi connectivity index (χ2v) is 5.26. The Morgan fingerprint density at radius 3 is 2.62 bits per heavy atom. The number of rotatable bonds is 5. The fraction of sp³-hybridized carbons (Fsp3) is 0.400. The predicted molar refractivity (Wildman–Crippen MR) is 64.2 cm³/mol. The number of nitrogens with one attached hydrogen (secondary N) is 2. The minimum absolute atomic E-state index is 0.321. The molecular weight excluding hydrogens is 228 g/mol. The molecule has 0 radical (unpaired) electrons. The molecule has 6 heteroatoms. The summed E-state index contributed by atoms with van der Waals surface area (Å²) < 4.78 is 30.0. The molecule has 0 fully saturated rings. The molecule has 1 aromatic carbocycles. The second kappa shape index (κ2) is 5.18. The first-order valence-electron chi connectivity index (χ1n) is 4.78. The molecule has 0 saturated carbocycles. The van der Waals surface area contributed by atoms with Gasteiger partial charge < -0.3 is 4.74 Å². The number of ether oxygens (including phenoxy) is 1. The number of benzene rings is 1. The van der Waals surface area contributed by atoms with Crippen LogP contribution in [-0.4, -0.2) is 28.5 Å². The van der Waals surface area contributed by atoms with E-state index in [1.165, 1.54) is 0 Å². The van der Waals surface area contributed by atoms with Gasteiger partial charge in [-0.05, 0) is 31.7 Å². The molecule has 16 heavy (non-hydrogen) atoms. The number of hydrogen-bond acceptors (Lipinski definition) is 4. The Labute approximate surface area is 95.9 Å². The SMILES string of the molecule is CNCOc1cc(C)ccc1NS(C)(=O)=O. The van der Waals surface area contributed by atoms with E-state index in [-0.39, 0.29) is 0 Å². The van der Waals surface area contributed by atoms with Crippen molar-refractivity contribution in [1.82, 2.24) is 5.32 Å². The van der Waals surface area contributed by atoms with Crippen molar-refractivity contribution in [2.24, 2.45) is 0 Å². The lowest BCUT2D eigenvalue weighted by molar-refractivity contribution is 0.297. The van der Waals surface area contributed by atoms with Crippen molar-refractivity contribution in [1.29, 1.82) is 0 Å². The highest BCUT2D eigenvalue weighted by molar-refractivity contribution is 7.92. The highest BCUT2D eigenvalue weighted by Crippen LogP contribution is 2.26. The lowest BCUT2D eigenvalue weighted by Crippen LogP contribution is -2.16. The van der Waals surface area contributed by atoms with Crippen LogP contribution in [0.5, 0.6) is 5.75 Å². The summed E-state index contributed by atoms with van der Waals surface area (Å²) in [6, 6.07) is 5.28. The fourth-order valence-corrected chi connectivity index (χ4v) is 1.75. The highest BCUT2D eigenvalue weighted by Gasteiger charge is 2.08. The van der Waals surface area contributed by atoms with Gasteiger partial charge in [0.15, 0.2) is 0 Å². The Kier molecular flexibility index (Phi) is 4.14. The van der Waals surface area contributed by atoms with Gasteiger partial charge in [0.05, 0.1) is 11.9 Å². The fourth-order valence-electron chi connectivity index (χ4n) is 1.18. The molecular formula is C10H16N2O3S. The minimum Gasteiger partial charge on any atom is -0.476 e. The normalized spacial score (nSPS) is 11.2. The van der Waals surface area contributed by atoms with Crippen molar-refractivity contribution in [3.63, 3.8) is 0 Å². The van der Waals surface area contributed by atoms with E-state index in [1.54, 1.807) is 19.2 Å². The maximum atomic E-state index is 11.1. The van der Waals surface area contributed by atoms with Crippen LogP contribution in [0.25, 0.3) is 0 Å². The van der Waals surface area contributed by atoms with Crippen LogP contribution in [0.2, 0.25) is 0 Å². The van der Waals surface area contributed by atoms with E-state index in [0.29, 0.717) is 18.2 Å². The summed E-state index contributed by atoms with van der Waals surface area (Å²) in [4.78, 5) is 0. The maximum Gasteiger partial charge on any atom is 0.229 e. The first-order chi connectivity index (χ1) is 7.42. The van der Waals surface area contributed by atoms with Crippen LogP contribution >= 0.6 is 0 Å². The molecule has 0 aromatic heterocycles. The van der Waals surface area contributed by atoms with Gasteiger partial charge in [-0.2, -0.15) is 0 Å². The molecule has 2 N–H and O–H groups in total. The van der Waals surface area contributed by atoms with E-state index in [2.05, 4.69) is 10.0 Å². The minimum atomic E-state index is -3.29. The van der Waals surface area contributed by atoms with Crippen LogP contribution < -0.4 is 14.8 Å². The van der Waals surface area contributed by atoms with Gasteiger partial charge >= 0.3 is 0 Å². The zero-order chi connectivity index (χ0) is 12.2. The van der Waals surface area contributed by atoms with Gasteiger partial charge in [0.25, 0.3) is 0 Å². The van der Waals surface area contributed by atoms with Gasteiger partial charge in [-0.25, -0.2) is 8.42 Å². The Morgan fingerprint density at radius 2 is 2.06 bits per heavy atom. The van der Waals surface area contributed by atoms with E-state index in [1.807, 2.05) is 13.0 Å². The third kappa shape index (κ3) is 4.08. The molecule has 0 amide bonds. The predicted octanol–water partition coefficient (Wildman–Crippen LogP) is 0.922. The van der Waals surface area contributed by atoms with Crippen LogP contribution in [0.4, 0.5) is 5.69 Å². The van der Waals surface area contributed by atoms with E-state index < -0.39 is 10.0 Å². The Bertz CT molecular complexity index is 457. The van der Waals surface area contributed by atoms with Crippen molar-refractivity contribution in [2.75, 3.05) is 24.8 Å². The van der Waals surface area contributed by atoms with Gasteiger partial charge in [-0.3, -0.25) is 10.0 Å². The number of hydrogen-bond donors (Lipinski definition) is 2. The highest BCUT2D eigenvalue weighted by atomic mass is 32.2. The Balaban J connectivity index is 2.98. The molecule has 0 bridgehead atoms. The molecule has 1 aromatic rings. The molecule has 90 valence electrons. The van der Waals surface area contributed by atoms with E-state index in [4.69, 9.17) is 4.74 Å². The zero-order valence-corrected chi connectivity index (χ0v) is 10.4. The molecule has 0 unspecified atom stereocenters. The largest absolute Gasteiger partial charge is 0.476 e. The average molecular weight is 244 g/mol. The lowest BCUT2D eigenvalue weighted by Gasteiger charge is -2.12. The summed E-state index contributed by atoms with van der Waals surface area (Å²) in [6.07, 6.45) is 1.11. The molecule has 0 aliphatic heterocycles. The van der Waals surface area contributed by atoms with Gasteiger partial charge in [0.2, 0.25) is 10.0 Å². The molecule has 0 heterocycles. The molecule has 0 aliphatic rings. The molecule has 0 aliphatic carbocycles. The number of anilines is 1. The van der Waals surface area contributed by atoms with E-state index >= 15 is 0 Å². The van der Waals surface area contributed by atoms with Crippen LogP contribution in [0.1, 0.15) is 5.56 Å². The van der Waals surface area contributed by atoms with Crippen molar-refractivity contribution >= 4 is 15.7 Å². The van der Waals surface area contributed by atoms with Crippen LogP contribution in [0, 0.1) is 6.92 Å². The third-order valence-electron chi connectivity index (χ3n) is 1.80. The molecule has 0 spiro atoms. The van der Waals surface area contributed by atoms with Crippen molar-refractivity contribution in [2.45, 2.75) is 6.92 Å². The molecule has 5 nitrogen and oxygen atoms in total. The second-order valence-electron chi connectivity index (χ2n) is 3.52. The topological polar surface area (TPSA) is 67.4 Å². The Hall–Kier alpha value is -1.27. The van der Waals surface area contributed by atoms with Gasteiger partial charge in [-0.15, -0.1) is 0 Å². The summed E-state index contributed by atoms with van der Waals surface area (Å²) in [7, 11) is -1.54. The van der Waals surface area contributed by atoms with E-state index in [0.717, 1.165) is 11.8 Å². The van der Waals surface area contributed by atoms with Gasteiger partial charge in [0.1, 0.15) is 12.5 Å². The van der Waals surface area contributed by atoms with Gasteiger partial charge in [0, 0.05) is 0 Å². The first-order valence-corrected chi connectivity index (χ1v) is 6.67.